The lowest BCUT2D eigenvalue weighted by Crippen LogP contribution is -2.21. The highest BCUT2D eigenvalue weighted by molar-refractivity contribution is 5.96. The first kappa shape index (κ1) is 16.2. The van der Waals surface area contributed by atoms with Crippen LogP contribution in [0.5, 0.6) is 11.5 Å². The number of nitrogens with one attached hydrogen (secondary N) is 1. The second-order valence-corrected chi connectivity index (χ2v) is 4.45. The molecule has 6 nitrogen and oxygen atoms in total. The molecule has 0 aliphatic rings. The number of aromatic hydroxyl groups is 2. The van der Waals surface area contributed by atoms with Crippen molar-refractivity contribution in [3.63, 3.8) is 0 Å². The van der Waals surface area contributed by atoms with Gasteiger partial charge in [-0.25, -0.2) is 13.6 Å². The number of hydrogen-bond acceptors (Lipinski definition) is 5. The van der Waals surface area contributed by atoms with Crippen LogP contribution in [-0.4, -0.2) is 28.7 Å². The van der Waals surface area contributed by atoms with Crippen LogP contribution in [0.1, 0.15) is 10.4 Å². The van der Waals surface area contributed by atoms with Gasteiger partial charge >= 0.3 is 5.97 Å². The fourth-order valence-electron chi connectivity index (χ4n) is 1.67. The first-order chi connectivity index (χ1) is 10.9. The molecule has 0 bridgehead atoms. The molecule has 0 aromatic heterocycles. The largest absolute Gasteiger partial charge is 0.508 e. The molecular weight excluding hydrogens is 312 g/mol. The molecule has 2 rings (SSSR count). The molecule has 0 aliphatic heterocycles. The Kier molecular flexibility index (Phi) is 4.75. The van der Waals surface area contributed by atoms with E-state index < -0.39 is 35.9 Å². The summed E-state index contributed by atoms with van der Waals surface area (Å²) in [7, 11) is 0. The second kappa shape index (κ2) is 6.73. The third kappa shape index (κ3) is 4.16. The first-order valence-electron chi connectivity index (χ1n) is 6.31. The zero-order valence-electron chi connectivity index (χ0n) is 11.5. The number of carbonyl (C=O) groups excluding carboxylic acids is 2. The fourth-order valence-corrected chi connectivity index (χ4v) is 1.67. The number of hydrogen-bond donors (Lipinski definition) is 3. The summed E-state index contributed by atoms with van der Waals surface area (Å²) in [6.45, 7) is -0.696. The molecule has 0 atom stereocenters. The van der Waals surface area contributed by atoms with Gasteiger partial charge in [-0.05, 0) is 24.3 Å². The molecule has 0 aliphatic carbocycles. The average molecular weight is 323 g/mol. The summed E-state index contributed by atoms with van der Waals surface area (Å²) >= 11 is 0. The van der Waals surface area contributed by atoms with Crippen LogP contribution in [0.15, 0.2) is 36.4 Å². The van der Waals surface area contributed by atoms with E-state index in [-0.39, 0.29) is 17.0 Å². The molecule has 2 aromatic rings. The number of benzene rings is 2. The van der Waals surface area contributed by atoms with Crippen molar-refractivity contribution in [2.75, 3.05) is 11.9 Å². The van der Waals surface area contributed by atoms with Crippen LogP contribution in [0, 0.1) is 11.6 Å². The fraction of sp³-hybridized carbons (Fsp3) is 0.0667. The smallest absolute Gasteiger partial charge is 0.342 e. The van der Waals surface area contributed by atoms with Crippen molar-refractivity contribution in [3.05, 3.63) is 53.6 Å². The Bertz CT molecular complexity index is 764. The minimum atomic E-state index is -1.13. The van der Waals surface area contributed by atoms with Crippen molar-refractivity contribution in [3.8, 4) is 11.5 Å². The van der Waals surface area contributed by atoms with Crippen LogP contribution in [0.2, 0.25) is 0 Å². The zero-order chi connectivity index (χ0) is 17.0. The molecule has 0 spiro atoms. The van der Waals surface area contributed by atoms with Crippen molar-refractivity contribution >= 4 is 17.6 Å². The summed E-state index contributed by atoms with van der Waals surface area (Å²) in [5.41, 5.74) is -0.235. The van der Waals surface area contributed by atoms with Gasteiger partial charge in [-0.3, -0.25) is 4.79 Å². The highest BCUT2D eigenvalue weighted by atomic mass is 19.2. The van der Waals surface area contributed by atoms with Gasteiger partial charge in [0, 0.05) is 17.8 Å². The minimum Gasteiger partial charge on any atom is -0.508 e. The van der Waals surface area contributed by atoms with Gasteiger partial charge in [-0.2, -0.15) is 0 Å². The van der Waals surface area contributed by atoms with Gasteiger partial charge in [0.25, 0.3) is 5.91 Å². The van der Waals surface area contributed by atoms with Gasteiger partial charge in [0.1, 0.15) is 17.1 Å². The van der Waals surface area contributed by atoms with Crippen molar-refractivity contribution in [2.45, 2.75) is 0 Å². The van der Waals surface area contributed by atoms with E-state index in [1.54, 1.807) is 0 Å². The number of phenols is 2. The van der Waals surface area contributed by atoms with Crippen LogP contribution in [0.4, 0.5) is 14.5 Å². The lowest BCUT2D eigenvalue weighted by molar-refractivity contribution is -0.119. The number of rotatable bonds is 4. The first-order valence-corrected chi connectivity index (χ1v) is 6.31. The summed E-state index contributed by atoms with van der Waals surface area (Å²) in [4.78, 5) is 23.3. The third-order valence-corrected chi connectivity index (χ3v) is 2.74. The SMILES string of the molecule is O=C(COC(=O)c1ccc(O)cc1O)Nc1ccc(F)c(F)c1. The lowest BCUT2D eigenvalue weighted by atomic mass is 10.2. The van der Waals surface area contributed by atoms with Gasteiger partial charge in [0.05, 0.1) is 0 Å². The Morgan fingerprint density at radius 2 is 1.78 bits per heavy atom. The molecular formula is C15H11F2NO5. The average Bonchev–Trinajstić information content (AvgIpc) is 2.48. The second-order valence-electron chi connectivity index (χ2n) is 4.45. The summed E-state index contributed by atoms with van der Waals surface area (Å²) in [6, 6.07) is 5.99. The molecule has 0 heterocycles. The van der Waals surface area contributed by atoms with Gasteiger partial charge < -0.3 is 20.3 Å². The predicted octanol–water partition coefficient (Wildman–Crippen LogP) is 2.17. The van der Waals surface area contributed by atoms with Crippen LogP contribution in [0.3, 0.4) is 0 Å². The number of anilines is 1. The van der Waals surface area contributed by atoms with Crippen LogP contribution < -0.4 is 5.32 Å². The van der Waals surface area contributed by atoms with E-state index >= 15 is 0 Å². The van der Waals surface area contributed by atoms with E-state index in [9.17, 15) is 23.5 Å². The Morgan fingerprint density at radius 3 is 2.43 bits per heavy atom. The van der Waals surface area contributed by atoms with E-state index in [4.69, 9.17) is 5.11 Å². The molecule has 0 saturated carbocycles. The highest BCUT2D eigenvalue weighted by Crippen LogP contribution is 2.23. The Labute approximate surface area is 128 Å². The maximum atomic E-state index is 13.0. The zero-order valence-corrected chi connectivity index (χ0v) is 11.5. The van der Waals surface area contributed by atoms with Crippen LogP contribution in [0.25, 0.3) is 0 Å². The molecule has 8 heteroatoms. The molecule has 0 unspecified atom stereocenters. The van der Waals surface area contributed by atoms with Crippen molar-refractivity contribution in [1.82, 2.24) is 0 Å². The summed E-state index contributed by atoms with van der Waals surface area (Å²) in [5.74, 6) is -4.69. The number of halogens is 2. The third-order valence-electron chi connectivity index (χ3n) is 2.74. The van der Waals surface area contributed by atoms with Crippen LogP contribution in [-0.2, 0) is 9.53 Å². The van der Waals surface area contributed by atoms with E-state index in [0.29, 0.717) is 0 Å². The molecule has 23 heavy (non-hydrogen) atoms. The molecule has 2 aromatic carbocycles. The van der Waals surface area contributed by atoms with Gasteiger partial charge in [0.15, 0.2) is 18.2 Å². The number of carbonyl (C=O) groups is 2. The Hall–Kier alpha value is -3.16. The van der Waals surface area contributed by atoms with Gasteiger partial charge in [-0.1, -0.05) is 0 Å². The van der Waals surface area contributed by atoms with Gasteiger partial charge in [-0.15, -0.1) is 0 Å². The highest BCUT2D eigenvalue weighted by Gasteiger charge is 2.15. The summed E-state index contributed by atoms with van der Waals surface area (Å²) < 4.78 is 30.4. The number of ether oxygens (including phenoxy) is 1. The molecule has 0 saturated heterocycles. The summed E-state index contributed by atoms with van der Waals surface area (Å²) in [6.07, 6.45) is 0. The minimum absolute atomic E-state index is 0.00238. The monoisotopic (exact) mass is 323 g/mol. The Morgan fingerprint density at radius 1 is 1.04 bits per heavy atom. The van der Waals surface area contributed by atoms with E-state index in [1.165, 1.54) is 0 Å². The normalized spacial score (nSPS) is 10.2. The molecule has 1 amide bonds. The summed E-state index contributed by atoms with van der Waals surface area (Å²) in [5, 5.41) is 20.8. The van der Waals surface area contributed by atoms with E-state index in [2.05, 4.69) is 10.1 Å². The molecule has 0 fully saturated rings. The van der Waals surface area contributed by atoms with Crippen molar-refractivity contribution in [1.29, 1.82) is 0 Å². The quantitative estimate of drug-likeness (QED) is 0.750. The number of esters is 1. The standard InChI is InChI=1S/C15H11F2NO5/c16-11-4-1-8(5-12(11)17)18-14(21)7-23-15(22)10-3-2-9(19)6-13(10)20/h1-6,19-20H,7H2,(H,18,21). The van der Waals surface area contributed by atoms with E-state index in [0.717, 1.165) is 36.4 Å². The van der Waals surface area contributed by atoms with Crippen molar-refractivity contribution in [2.24, 2.45) is 0 Å². The maximum Gasteiger partial charge on any atom is 0.342 e. The predicted molar refractivity (Wildman–Crippen MR) is 75.0 cm³/mol. The molecule has 3 N–H and O–H groups in total. The van der Waals surface area contributed by atoms with Gasteiger partial charge in [0.2, 0.25) is 0 Å². The lowest BCUT2D eigenvalue weighted by Gasteiger charge is -2.08. The number of phenolic OH excluding ortho intramolecular Hbond substituents is 2. The van der Waals surface area contributed by atoms with Crippen LogP contribution >= 0.6 is 0 Å². The molecule has 0 radical (unpaired) electrons. The Balaban J connectivity index is 1.93. The number of amides is 1. The topological polar surface area (TPSA) is 95.9 Å². The maximum absolute atomic E-state index is 13.0. The molecule has 120 valence electrons. The van der Waals surface area contributed by atoms with Crippen molar-refractivity contribution < 1.29 is 33.3 Å². The van der Waals surface area contributed by atoms with E-state index in [1.807, 2.05) is 0 Å².